The van der Waals surface area contributed by atoms with E-state index in [-0.39, 0.29) is 61.5 Å². The van der Waals surface area contributed by atoms with Crippen molar-refractivity contribution in [1.82, 2.24) is 15.4 Å². The summed E-state index contributed by atoms with van der Waals surface area (Å²) in [6.45, 7) is -0.303. The molecule has 2 aromatic rings. The average Bonchev–Trinajstić information content (AvgIpc) is 3.01. The summed E-state index contributed by atoms with van der Waals surface area (Å²) in [6.07, 6.45) is 0. The van der Waals surface area contributed by atoms with Gasteiger partial charge in [0.1, 0.15) is 11.6 Å². The standard InChI is InChI=1S/C18H22FIN4O5/c1-24-15(16(27)10-21-4-5-25)9-12(18(28)23-29-7-6-26)17(24)22-14-3-2-11(20)8-13(14)19/h2-3,8-9,21-22,25-26H,4-7,10H2,1H3,(H,23,28). The van der Waals surface area contributed by atoms with E-state index < -0.39 is 11.7 Å². The SMILES string of the molecule is Cn1c(C(=O)CNCCO)cc(C(=O)NOCCO)c1Nc1ccc(I)cc1F. The van der Waals surface area contributed by atoms with Crippen LogP contribution in [0, 0.1) is 9.39 Å². The Morgan fingerprint density at radius 1 is 1.24 bits per heavy atom. The van der Waals surface area contributed by atoms with Crippen molar-refractivity contribution >= 4 is 45.8 Å². The van der Waals surface area contributed by atoms with Gasteiger partial charge in [-0.05, 0) is 46.9 Å². The molecule has 0 unspecified atom stereocenters. The van der Waals surface area contributed by atoms with Crippen LogP contribution in [-0.2, 0) is 11.9 Å². The Hall–Kier alpha value is -2.06. The molecular formula is C18H22FIN4O5. The van der Waals surface area contributed by atoms with Crippen LogP contribution in [0.1, 0.15) is 20.8 Å². The Morgan fingerprint density at radius 3 is 2.66 bits per heavy atom. The average molecular weight is 520 g/mol. The quantitative estimate of drug-likeness (QED) is 0.129. The van der Waals surface area contributed by atoms with E-state index in [1.54, 1.807) is 13.1 Å². The third-order valence-corrected chi connectivity index (χ3v) is 4.55. The number of anilines is 2. The zero-order chi connectivity index (χ0) is 21.4. The molecule has 1 amide bonds. The van der Waals surface area contributed by atoms with Gasteiger partial charge in [0.05, 0.1) is 43.3 Å². The third kappa shape index (κ3) is 6.21. The highest BCUT2D eigenvalue weighted by Crippen LogP contribution is 2.27. The number of aliphatic hydroxyl groups is 2. The van der Waals surface area contributed by atoms with E-state index >= 15 is 0 Å². The zero-order valence-electron chi connectivity index (χ0n) is 15.7. The Balaban J connectivity index is 2.36. The fourth-order valence-corrected chi connectivity index (χ4v) is 2.96. The Bertz CT molecular complexity index is 874. The van der Waals surface area contributed by atoms with E-state index in [1.165, 1.54) is 22.8 Å². The van der Waals surface area contributed by atoms with Gasteiger partial charge in [0.15, 0.2) is 5.78 Å². The van der Waals surface area contributed by atoms with Crippen LogP contribution in [0.4, 0.5) is 15.9 Å². The summed E-state index contributed by atoms with van der Waals surface area (Å²) in [4.78, 5) is 29.8. The van der Waals surface area contributed by atoms with Crippen LogP contribution in [0.25, 0.3) is 0 Å². The molecule has 9 nitrogen and oxygen atoms in total. The Labute approximate surface area is 180 Å². The minimum absolute atomic E-state index is 0.0438. The van der Waals surface area contributed by atoms with Gasteiger partial charge in [0.2, 0.25) is 0 Å². The molecule has 5 N–H and O–H groups in total. The number of benzene rings is 1. The number of aromatic nitrogens is 1. The van der Waals surface area contributed by atoms with Crippen LogP contribution in [0.15, 0.2) is 24.3 Å². The topological polar surface area (TPSA) is 125 Å². The summed E-state index contributed by atoms with van der Waals surface area (Å²) < 4.78 is 16.4. The van der Waals surface area contributed by atoms with Crippen molar-refractivity contribution in [2.45, 2.75) is 0 Å². The number of Topliss-reactive ketones (excluding diaryl/α,β-unsaturated/α-hetero) is 1. The molecule has 0 fully saturated rings. The van der Waals surface area contributed by atoms with Crippen molar-refractivity contribution in [2.75, 3.05) is 38.2 Å². The number of halogens is 2. The molecule has 158 valence electrons. The summed E-state index contributed by atoms with van der Waals surface area (Å²) in [5.41, 5.74) is 2.58. The van der Waals surface area contributed by atoms with Crippen molar-refractivity contribution in [2.24, 2.45) is 7.05 Å². The second kappa shape index (κ2) is 11.2. The lowest BCUT2D eigenvalue weighted by Gasteiger charge is -2.13. The highest BCUT2D eigenvalue weighted by Gasteiger charge is 2.23. The molecular weight excluding hydrogens is 498 g/mol. The maximum Gasteiger partial charge on any atom is 0.278 e. The van der Waals surface area contributed by atoms with Crippen LogP contribution < -0.4 is 16.1 Å². The van der Waals surface area contributed by atoms with Gasteiger partial charge in [-0.15, -0.1) is 0 Å². The number of amides is 1. The lowest BCUT2D eigenvalue weighted by Crippen LogP contribution is -2.27. The summed E-state index contributed by atoms with van der Waals surface area (Å²) in [6, 6.07) is 5.93. The monoisotopic (exact) mass is 520 g/mol. The van der Waals surface area contributed by atoms with Gasteiger partial charge < -0.3 is 25.4 Å². The first-order valence-electron chi connectivity index (χ1n) is 8.68. The largest absolute Gasteiger partial charge is 0.395 e. The molecule has 1 aromatic carbocycles. The first kappa shape index (κ1) is 23.2. The predicted octanol–water partition coefficient (Wildman–Crippen LogP) is 0.931. The Kier molecular flexibility index (Phi) is 8.98. The van der Waals surface area contributed by atoms with E-state index in [0.29, 0.717) is 3.57 Å². The lowest BCUT2D eigenvalue weighted by molar-refractivity contribution is 0.0169. The van der Waals surface area contributed by atoms with Crippen molar-refractivity contribution < 1.29 is 29.0 Å². The Morgan fingerprint density at radius 2 is 2.00 bits per heavy atom. The molecule has 11 heteroatoms. The van der Waals surface area contributed by atoms with Gasteiger partial charge in [-0.1, -0.05) is 0 Å². The molecule has 0 radical (unpaired) electrons. The number of hydrogen-bond donors (Lipinski definition) is 5. The number of carbonyl (C=O) groups is 2. The molecule has 1 aromatic heterocycles. The number of carbonyl (C=O) groups excluding carboxylic acids is 2. The molecule has 0 aliphatic carbocycles. The van der Waals surface area contributed by atoms with Crippen molar-refractivity contribution in [3.05, 3.63) is 44.9 Å². The maximum absolute atomic E-state index is 14.3. The summed E-state index contributed by atoms with van der Waals surface area (Å²) in [5.74, 6) is -1.30. The number of hydroxylamine groups is 1. The van der Waals surface area contributed by atoms with E-state index in [2.05, 4.69) is 16.1 Å². The van der Waals surface area contributed by atoms with Gasteiger partial charge in [0, 0.05) is 17.2 Å². The van der Waals surface area contributed by atoms with Gasteiger partial charge in [0.25, 0.3) is 5.91 Å². The molecule has 29 heavy (non-hydrogen) atoms. The molecule has 0 aliphatic rings. The minimum Gasteiger partial charge on any atom is -0.395 e. The van der Waals surface area contributed by atoms with E-state index in [0.717, 1.165) is 0 Å². The van der Waals surface area contributed by atoms with Gasteiger partial charge >= 0.3 is 0 Å². The lowest BCUT2D eigenvalue weighted by atomic mass is 10.2. The van der Waals surface area contributed by atoms with Crippen molar-refractivity contribution in [3.63, 3.8) is 0 Å². The van der Waals surface area contributed by atoms with Crippen LogP contribution in [0.5, 0.6) is 0 Å². The predicted molar refractivity (Wildman–Crippen MR) is 113 cm³/mol. The molecule has 0 atom stereocenters. The first-order valence-corrected chi connectivity index (χ1v) is 9.76. The second-order valence-electron chi connectivity index (χ2n) is 5.93. The van der Waals surface area contributed by atoms with Gasteiger partial charge in [-0.2, -0.15) is 0 Å². The number of nitrogens with zero attached hydrogens (tertiary/aromatic N) is 1. The van der Waals surface area contributed by atoms with E-state index in [9.17, 15) is 14.0 Å². The number of ketones is 1. The van der Waals surface area contributed by atoms with Crippen molar-refractivity contribution in [1.29, 1.82) is 0 Å². The zero-order valence-corrected chi connectivity index (χ0v) is 17.8. The number of nitrogens with one attached hydrogen (secondary N) is 3. The molecule has 0 bridgehead atoms. The smallest absolute Gasteiger partial charge is 0.278 e. The summed E-state index contributed by atoms with van der Waals surface area (Å²) in [7, 11) is 1.57. The highest BCUT2D eigenvalue weighted by molar-refractivity contribution is 14.1. The summed E-state index contributed by atoms with van der Waals surface area (Å²) >= 11 is 1.98. The van der Waals surface area contributed by atoms with Crippen molar-refractivity contribution in [3.8, 4) is 0 Å². The van der Waals surface area contributed by atoms with Gasteiger partial charge in [-0.3, -0.25) is 14.4 Å². The second-order valence-corrected chi connectivity index (χ2v) is 7.17. The number of hydrogen-bond acceptors (Lipinski definition) is 7. The fraction of sp³-hybridized carbons (Fsp3) is 0.333. The molecule has 0 spiro atoms. The molecule has 0 saturated heterocycles. The molecule has 2 rings (SSSR count). The van der Waals surface area contributed by atoms with Crippen LogP contribution in [0.3, 0.4) is 0 Å². The summed E-state index contributed by atoms with van der Waals surface area (Å²) in [5, 5.41) is 23.2. The fourth-order valence-electron chi connectivity index (χ4n) is 2.50. The highest BCUT2D eigenvalue weighted by atomic mass is 127. The number of rotatable bonds is 11. The third-order valence-electron chi connectivity index (χ3n) is 3.88. The van der Waals surface area contributed by atoms with E-state index in [1.807, 2.05) is 22.6 Å². The van der Waals surface area contributed by atoms with Crippen LogP contribution >= 0.6 is 22.6 Å². The number of aliphatic hydroxyl groups excluding tert-OH is 2. The molecule has 1 heterocycles. The minimum atomic E-state index is -0.662. The van der Waals surface area contributed by atoms with E-state index in [4.69, 9.17) is 15.1 Å². The molecule has 0 aliphatic heterocycles. The maximum atomic E-state index is 14.3. The van der Waals surface area contributed by atoms with Crippen LogP contribution in [-0.4, -0.2) is 59.4 Å². The molecule has 0 saturated carbocycles. The van der Waals surface area contributed by atoms with Gasteiger partial charge in [-0.25, -0.2) is 9.87 Å². The normalized spacial score (nSPS) is 10.8. The van der Waals surface area contributed by atoms with Crippen LogP contribution in [0.2, 0.25) is 0 Å². The first-order chi connectivity index (χ1) is 13.9.